The molecule has 0 heterocycles. The Balaban J connectivity index is 2.54. The maximum atomic E-state index is 11.5. The van der Waals surface area contributed by atoms with Gasteiger partial charge in [-0.25, -0.2) is 0 Å². The molecule has 0 aliphatic rings. The Hall–Kier alpha value is -2.30. The molecule has 0 aliphatic heterocycles. The molecule has 21 heavy (non-hydrogen) atoms. The molecule has 0 aliphatic carbocycles. The summed E-state index contributed by atoms with van der Waals surface area (Å²) in [6.45, 7) is 2.86. The third kappa shape index (κ3) is 7.15. The van der Waals surface area contributed by atoms with E-state index in [9.17, 15) is 9.59 Å². The molecule has 0 atom stereocenters. The summed E-state index contributed by atoms with van der Waals surface area (Å²) >= 11 is 0. The van der Waals surface area contributed by atoms with E-state index < -0.39 is 5.97 Å². The summed E-state index contributed by atoms with van der Waals surface area (Å²) in [5.41, 5.74) is 0.821. The Kier molecular flexibility index (Phi) is 7.64. The molecule has 114 valence electrons. The summed E-state index contributed by atoms with van der Waals surface area (Å²) < 4.78 is 5.66. The fraction of sp³-hybridized carbons (Fsp3) is 0.375. The maximum Gasteiger partial charge on any atom is 0.305 e. The standard InChI is InChI=1S/C16H21NO4/c1-2-3-12-21-14-7-5-4-6-13(14)8-9-15(18)17-11-10-16(19)20/h4-9H,2-3,10-12H2,1H3,(H,17,18)(H,19,20)/b9-8+. The molecule has 5 nitrogen and oxygen atoms in total. The van der Waals surface area contributed by atoms with Gasteiger partial charge in [0.1, 0.15) is 5.75 Å². The van der Waals surface area contributed by atoms with Crippen LogP contribution in [0.1, 0.15) is 31.7 Å². The van der Waals surface area contributed by atoms with E-state index in [0.29, 0.717) is 6.61 Å². The SMILES string of the molecule is CCCCOc1ccccc1/C=C/C(=O)NCCC(=O)O. The van der Waals surface area contributed by atoms with Crippen molar-refractivity contribution in [3.05, 3.63) is 35.9 Å². The van der Waals surface area contributed by atoms with Crippen LogP contribution in [0.4, 0.5) is 0 Å². The number of benzene rings is 1. The van der Waals surface area contributed by atoms with Gasteiger partial charge in [0, 0.05) is 18.2 Å². The van der Waals surface area contributed by atoms with Gasteiger partial charge >= 0.3 is 5.97 Å². The Morgan fingerprint density at radius 1 is 1.33 bits per heavy atom. The number of nitrogens with one attached hydrogen (secondary N) is 1. The molecule has 0 radical (unpaired) electrons. The zero-order chi connectivity index (χ0) is 15.5. The highest BCUT2D eigenvalue weighted by atomic mass is 16.5. The molecule has 0 saturated heterocycles. The van der Waals surface area contributed by atoms with Gasteiger partial charge in [0.15, 0.2) is 0 Å². The van der Waals surface area contributed by atoms with Crippen LogP contribution in [-0.2, 0) is 9.59 Å². The Morgan fingerprint density at radius 3 is 2.81 bits per heavy atom. The largest absolute Gasteiger partial charge is 0.493 e. The molecule has 2 N–H and O–H groups in total. The van der Waals surface area contributed by atoms with Crippen molar-refractivity contribution in [2.75, 3.05) is 13.2 Å². The highest BCUT2D eigenvalue weighted by Gasteiger charge is 2.02. The van der Waals surface area contributed by atoms with E-state index in [2.05, 4.69) is 12.2 Å². The number of ether oxygens (including phenoxy) is 1. The molecular formula is C16H21NO4. The second kappa shape index (κ2) is 9.58. The van der Waals surface area contributed by atoms with Gasteiger partial charge in [-0.3, -0.25) is 9.59 Å². The first kappa shape index (κ1) is 16.8. The van der Waals surface area contributed by atoms with Crippen molar-refractivity contribution < 1.29 is 19.4 Å². The molecule has 0 unspecified atom stereocenters. The number of para-hydroxylation sites is 1. The maximum absolute atomic E-state index is 11.5. The predicted octanol–water partition coefficient (Wildman–Crippen LogP) is 2.47. The second-order valence-electron chi connectivity index (χ2n) is 4.51. The van der Waals surface area contributed by atoms with Gasteiger partial charge in [-0.05, 0) is 18.6 Å². The fourth-order valence-electron chi connectivity index (χ4n) is 1.59. The number of hydrogen-bond donors (Lipinski definition) is 2. The summed E-state index contributed by atoms with van der Waals surface area (Å²) in [7, 11) is 0. The van der Waals surface area contributed by atoms with Crippen molar-refractivity contribution in [1.29, 1.82) is 0 Å². The average Bonchev–Trinajstić information content (AvgIpc) is 2.46. The Bertz CT molecular complexity index is 497. The quantitative estimate of drug-likeness (QED) is 0.541. The summed E-state index contributed by atoms with van der Waals surface area (Å²) in [5, 5.41) is 11.0. The molecule has 0 bridgehead atoms. The molecule has 1 rings (SSSR count). The topological polar surface area (TPSA) is 75.6 Å². The van der Waals surface area contributed by atoms with E-state index in [1.54, 1.807) is 6.08 Å². The van der Waals surface area contributed by atoms with Crippen LogP contribution in [0.2, 0.25) is 0 Å². The number of unbranched alkanes of at least 4 members (excludes halogenated alkanes) is 1. The summed E-state index contributed by atoms with van der Waals surface area (Å²) in [5.74, 6) is -0.519. The third-order valence-corrected chi connectivity index (χ3v) is 2.73. The monoisotopic (exact) mass is 291 g/mol. The predicted molar refractivity (Wildman–Crippen MR) is 81.1 cm³/mol. The van der Waals surface area contributed by atoms with Gasteiger partial charge in [-0.2, -0.15) is 0 Å². The van der Waals surface area contributed by atoms with Crippen molar-refractivity contribution >= 4 is 18.0 Å². The molecule has 1 amide bonds. The lowest BCUT2D eigenvalue weighted by Gasteiger charge is -2.08. The summed E-state index contributed by atoms with van der Waals surface area (Å²) in [6, 6.07) is 7.47. The Morgan fingerprint density at radius 2 is 2.10 bits per heavy atom. The van der Waals surface area contributed by atoms with Crippen LogP contribution in [0.25, 0.3) is 6.08 Å². The van der Waals surface area contributed by atoms with Crippen LogP contribution in [-0.4, -0.2) is 30.1 Å². The first-order valence-electron chi connectivity index (χ1n) is 7.03. The van der Waals surface area contributed by atoms with Crippen LogP contribution in [0.5, 0.6) is 5.75 Å². The molecule has 0 fully saturated rings. The van der Waals surface area contributed by atoms with Crippen molar-refractivity contribution in [1.82, 2.24) is 5.32 Å². The first-order valence-corrected chi connectivity index (χ1v) is 7.03. The first-order chi connectivity index (χ1) is 10.1. The van der Waals surface area contributed by atoms with E-state index in [1.807, 2.05) is 24.3 Å². The van der Waals surface area contributed by atoms with Gasteiger partial charge < -0.3 is 15.2 Å². The molecule has 1 aromatic rings. The van der Waals surface area contributed by atoms with E-state index in [4.69, 9.17) is 9.84 Å². The van der Waals surface area contributed by atoms with Gasteiger partial charge in [0.05, 0.1) is 13.0 Å². The molecule has 0 saturated carbocycles. The lowest BCUT2D eigenvalue weighted by Crippen LogP contribution is -2.23. The highest BCUT2D eigenvalue weighted by molar-refractivity contribution is 5.92. The highest BCUT2D eigenvalue weighted by Crippen LogP contribution is 2.19. The molecule has 0 aromatic heterocycles. The van der Waals surface area contributed by atoms with Crippen LogP contribution >= 0.6 is 0 Å². The number of aliphatic carboxylic acids is 1. The zero-order valence-corrected chi connectivity index (χ0v) is 12.2. The van der Waals surface area contributed by atoms with Crippen LogP contribution < -0.4 is 10.1 Å². The van der Waals surface area contributed by atoms with Crippen molar-refractivity contribution in [2.24, 2.45) is 0 Å². The van der Waals surface area contributed by atoms with E-state index >= 15 is 0 Å². The van der Waals surface area contributed by atoms with Crippen molar-refractivity contribution in [3.63, 3.8) is 0 Å². The Labute approximate surface area is 124 Å². The summed E-state index contributed by atoms with van der Waals surface area (Å²) in [4.78, 5) is 21.9. The smallest absolute Gasteiger partial charge is 0.305 e. The molecule has 1 aromatic carbocycles. The summed E-state index contributed by atoms with van der Waals surface area (Å²) in [6.07, 6.45) is 5.00. The minimum Gasteiger partial charge on any atom is -0.493 e. The minimum absolute atomic E-state index is 0.0870. The van der Waals surface area contributed by atoms with E-state index in [-0.39, 0.29) is 18.9 Å². The average molecular weight is 291 g/mol. The van der Waals surface area contributed by atoms with Crippen LogP contribution in [0.3, 0.4) is 0 Å². The number of hydrogen-bond acceptors (Lipinski definition) is 3. The van der Waals surface area contributed by atoms with E-state index in [1.165, 1.54) is 6.08 Å². The number of carbonyl (C=O) groups is 2. The normalized spacial score (nSPS) is 10.5. The van der Waals surface area contributed by atoms with Gasteiger partial charge in [-0.15, -0.1) is 0 Å². The number of carboxylic acid groups (broad SMARTS) is 1. The number of carbonyl (C=O) groups excluding carboxylic acids is 1. The lowest BCUT2D eigenvalue weighted by molar-refractivity contribution is -0.136. The number of rotatable bonds is 9. The van der Waals surface area contributed by atoms with Gasteiger partial charge in [0.2, 0.25) is 5.91 Å². The van der Waals surface area contributed by atoms with Crippen molar-refractivity contribution in [3.8, 4) is 5.75 Å². The second-order valence-corrected chi connectivity index (χ2v) is 4.51. The molecule has 5 heteroatoms. The minimum atomic E-state index is -0.936. The van der Waals surface area contributed by atoms with Crippen LogP contribution in [0, 0.1) is 0 Å². The van der Waals surface area contributed by atoms with Gasteiger partial charge in [0.25, 0.3) is 0 Å². The van der Waals surface area contributed by atoms with Crippen molar-refractivity contribution in [2.45, 2.75) is 26.2 Å². The third-order valence-electron chi connectivity index (χ3n) is 2.73. The molecular weight excluding hydrogens is 270 g/mol. The van der Waals surface area contributed by atoms with E-state index in [0.717, 1.165) is 24.2 Å². The number of amides is 1. The van der Waals surface area contributed by atoms with Crippen LogP contribution in [0.15, 0.2) is 30.3 Å². The van der Waals surface area contributed by atoms with Gasteiger partial charge in [-0.1, -0.05) is 31.5 Å². The molecule has 0 spiro atoms. The zero-order valence-electron chi connectivity index (χ0n) is 12.2. The lowest BCUT2D eigenvalue weighted by atomic mass is 10.2. The fourth-order valence-corrected chi connectivity index (χ4v) is 1.59. The number of carboxylic acids is 1.